The van der Waals surface area contributed by atoms with Gasteiger partial charge in [-0.2, -0.15) is 0 Å². The van der Waals surface area contributed by atoms with E-state index in [1.807, 2.05) is 0 Å². The summed E-state index contributed by atoms with van der Waals surface area (Å²) >= 11 is 0. The Labute approximate surface area is 542 Å². The van der Waals surface area contributed by atoms with E-state index in [1.54, 1.807) is 0 Å². The first-order valence-corrected chi connectivity index (χ1v) is 39.0. The van der Waals surface area contributed by atoms with Crippen LogP contribution in [0.2, 0.25) is 0 Å². The van der Waals surface area contributed by atoms with Crippen LogP contribution in [0, 0.1) is 5.92 Å². The quantitative estimate of drug-likeness (QED) is 0.0169. The number of carbonyl (C=O) groups excluding carboxylic acids is 4. The molecule has 0 fully saturated rings. The fourth-order valence-corrected chi connectivity index (χ4v) is 11.6. The van der Waals surface area contributed by atoms with Crippen molar-refractivity contribution < 1.29 is 80.2 Å². The highest BCUT2D eigenvalue weighted by molar-refractivity contribution is 7.47. The Kier molecular flexibility index (Phi) is 61.2. The van der Waals surface area contributed by atoms with Crippen LogP contribution in [0.3, 0.4) is 0 Å². The zero-order valence-corrected chi connectivity index (χ0v) is 58.8. The van der Waals surface area contributed by atoms with Gasteiger partial charge in [-0.1, -0.05) is 284 Å². The smallest absolute Gasteiger partial charge is 0.462 e. The zero-order valence-electron chi connectivity index (χ0n) is 57.0. The number of phosphoric acid groups is 2. The largest absolute Gasteiger partial charge is 0.472 e. The van der Waals surface area contributed by atoms with E-state index in [1.165, 1.54) is 141 Å². The highest BCUT2D eigenvalue weighted by Crippen LogP contribution is 2.45. The Morgan fingerprint density at radius 1 is 0.360 bits per heavy atom. The molecule has 0 amide bonds. The summed E-state index contributed by atoms with van der Waals surface area (Å²) in [5, 5.41) is 10.6. The number of hydrogen-bond acceptors (Lipinski definition) is 15. The summed E-state index contributed by atoms with van der Waals surface area (Å²) in [7, 11) is -9.91. The molecular weight excluding hydrogens is 1170 g/mol. The molecule has 6 atom stereocenters. The Hall–Kier alpha value is -2.46. The molecule has 0 saturated heterocycles. The van der Waals surface area contributed by atoms with Crippen molar-refractivity contribution >= 4 is 39.5 Å². The van der Waals surface area contributed by atoms with Gasteiger partial charge in [0.25, 0.3) is 0 Å². The van der Waals surface area contributed by atoms with Crippen LogP contribution in [0.25, 0.3) is 0 Å². The predicted molar refractivity (Wildman–Crippen MR) is 358 cm³/mol. The first kappa shape index (κ1) is 86.5. The minimum atomic E-state index is -4.96. The van der Waals surface area contributed by atoms with E-state index >= 15 is 0 Å². The number of esters is 4. The van der Waals surface area contributed by atoms with Crippen LogP contribution >= 0.6 is 15.6 Å². The molecule has 524 valence electrons. The average molecular weight is 1310 g/mol. The number of allylic oxidation sites excluding steroid dienone is 4. The molecule has 0 radical (unpaired) electrons. The van der Waals surface area contributed by atoms with E-state index in [9.17, 15) is 43.2 Å². The average Bonchev–Trinajstić information content (AvgIpc) is 3.69. The summed E-state index contributed by atoms with van der Waals surface area (Å²) in [4.78, 5) is 72.5. The van der Waals surface area contributed by atoms with Gasteiger partial charge in [-0.05, 0) is 57.3 Å². The standard InChI is InChI=1S/C70H132O17P2/c1-6-10-13-16-19-22-25-28-29-30-33-36-39-46-51-56-70(75)86-65(59-80-67(72)53-48-43-37-34-31-26-23-20-17-14-11-7-2)61-84-88(76,77)82-57-64(71)58-83-89(78,79)85-62-66(60-81-68(73)54-49-44-41-40-42-47-52-63(5)9-4)87-69(74)55-50-45-38-35-32-27-24-21-18-15-12-8-3/h22,25,28-29,63-66,71H,6-21,23-24,26-27,30-62H2,1-5H3,(H,76,77)(H,78,79)/b25-22-,29-28-/t63?,64-,65-,66-/m1/s1. The molecule has 0 saturated carbocycles. The molecule has 0 spiro atoms. The van der Waals surface area contributed by atoms with Gasteiger partial charge in [0, 0.05) is 25.7 Å². The Bertz CT molecular complexity index is 1810. The van der Waals surface area contributed by atoms with E-state index in [4.69, 9.17) is 37.0 Å². The number of unbranched alkanes of at least 4 members (excludes halogenated alkanes) is 36. The molecule has 3 N–H and O–H groups in total. The van der Waals surface area contributed by atoms with Gasteiger partial charge in [-0.3, -0.25) is 37.3 Å². The van der Waals surface area contributed by atoms with E-state index < -0.39 is 97.5 Å². The Morgan fingerprint density at radius 2 is 0.629 bits per heavy atom. The number of hydrogen-bond donors (Lipinski definition) is 3. The van der Waals surface area contributed by atoms with Gasteiger partial charge < -0.3 is 33.8 Å². The first-order chi connectivity index (χ1) is 43.1. The molecule has 89 heavy (non-hydrogen) atoms. The predicted octanol–water partition coefficient (Wildman–Crippen LogP) is 19.7. The summed E-state index contributed by atoms with van der Waals surface area (Å²) in [5.41, 5.74) is 0. The van der Waals surface area contributed by atoms with Crippen molar-refractivity contribution in [1.82, 2.24) is 0 Å². The molecule has 0 bridgehead atoms. The third-order valence-corrected chi connectivity index (χ3v) is 17.9. The number of phosphoric ester groups is 2. The molecule has 0 aliphatic carbocycles. The summed E-state index contributed by atoms with van der Waals surface area (Å²) in [5.74, 6) is -1.42. The molecule has 0 aromatic rings. The topological polar surface area (TPSA) is 237 Å². The van der Waals surface area contributed by atoms with Gasteiger partial charge in [-0.25, -0.2) is 9.13 Å². The lowest BCUT2D eigenvalue weighted by Gasteiger charge is -2.21. The van der Waals surface area contributed by atoms with Gasteiger partial charge in [-0.15, -0.1) is 0 Å². The molecule has 0 aromatic carbocycles. The molecule has 0 aliphatic heterocycles. The molecule has 0 aliphatic rings. The fourth-order valence-electron chi connectivity index (χ4n) is 10.1. The van der Waals surface area contributed by atoms with Crippen LogP contribution in [-0.4, -0.2) is 96.7 Å². The summed E-state index contributed by atoms with van der Waals surface area (Å²) < 4.78 is 68.2. The second kappa shape index (κ2) is 63.0. The van der Waals surface area contributed by atoms with Crippen molar-refractivity contribution in [3.05, 3.63) is 24.3 Å². The minimum Gasteiger partial charge on any atom is -0.462 e. The third-order valence-electron chi connectivity index (χ3n) is 16.0. The maximum atomic E-state index is 13.0. The van der Waals surface area contributed by atoms with Gasteiger partial charge in [0.15, 0.2) is 12.2 Å². The molecule has 17 nitrogen and oxygen atoms in total. The van der Waals surface area contributed by atoms with Crippen LogP contribution in [0.4, 0.5) is 0 Å². The van der Waals surface area contributed by atoms with Crippen molar-refractivity contribution in [1.29, 1.82) is 0 Å². The third kappa shape index (κ3) is 62.7. The Morgan fingerprint density at radius 3 is 0.955 bits per heavy atom. The van der Waals surface area contributed by atoms with Crippen LogP contribution in [-0.2, 0) is 65.4 Å². The van der Waals surface area contributed by atoms with Gasteiger partial charge in [0.2, 0.25) is 0 Å². The molecule has 0 aromatic heterocycles. The molecule has 3 unspecified atom stereocenters. The number of rotatable bonds is 68. The minimum absolute atomic E-state index is 0.0853. The second-order valence-electron chi connectivity index (χ2n) is 24.8. The molecule has 19 heteroatoms. The van der Waals surface area contributed by atoms with Crippen molar-refractivity contribution in [3.63, 3.8) is 0 Å². The number of carbonyl (C=O) groups is 4. The summed E-state index contributed by atoms with van der Waals surface area (Å²) in [6.07, 6.45) is 52.0. The Balaban J connectivity index is 5.29. The highest BCUT2D eigenvalue weighted by atomic mass is 31.2. The number of aliphatic hydroxyl groups excluding tert-OH is 1. The van der Waals surface area contributed by atoms with E-state index in [-0.39, 0.29) is 25.7 Å². The number of ether oxygens (including phenoxy) is 4. The van der Waals surface area contributed by atoms with Crippen LogP contribution in [0.1, 0.15) is 336 Å². The van der Waals surface area contributed by atoms with E-state index in [0.717, 1.165) is 115 Å². The van der Waals surface area contributed by atoms with Crippen molar-refractivity contribution in [2.75, 3.05) is 39.6 Å². The number of aliphatic hydroxyl groups is 1. The maximum Gasteiger partial charge on any atom is 0.472 e. The molecule has 0 heterocycles. The van der Waals surface area contributed by atoms with Crippen LogP contribution < -0.4 is 0 Å². The molecule has 0 rings (SSSR count). The van der Waals surface area contributed by atoms with E-state index in [0.29, 0.717) is 25.7 Å². The zero-order chi connectivity index (χ0) is 65.6. The lowest BCUT2D eigenvalue weighted by molar-refractivity contribution is -0.161. The fraction of sp³-hybridized carbons (Fsp3) is 0.886. The van der Waals surface area contributed by atoms with Gasteiger partial charge >= 0.3 is 39.5 Å². The lowest BCUT2D eigenvalue weighted by atomic mass is 10.00. The second-order valence-corrected chi connectivity index (χ2v) is 27.7. The van der Waals surface area contributed by atoms with Gasteiger partial charge in [0.1, 0.15) is 19.3 Å². The highest BCUT2D eigenvalue weighted by Gasteiger charge is 2.30. The monoisotopic (exact) mass is 1310 g/mol. The maximum absolute atomic E-state index is 13.0. The van der Waals surface area contributed by atoms with Crippen molar-refractivity contribution in [2.45, 2.75) is 355 Å². The van der Waals surface area contributed by atoms with Crippen molar-refractivity contribution in [3.8, 4) is 0 Å². The normalized spacial score (nSPS) is 14.6. The molecular formula is C70H132O17P2. The summed E-state index contributed by atoms with van der Waals surface area (Å²) in [6, 6.07) is 0. The van der Waals surface area contributed by atoms with E-state index in [2.05, 4.69) is 58.9 Å². The van der Waals surface area contributed by atoms with Gasteiger partial charge in [0.05, 0.1) is 26.4 Å². The van der Waals surface area contributed by atoms with Crippen LogP contribution in [0.5, 0.6) is 0 Å². The van der Waals surface area contributed by atoms with Crippen molar-refractivity contribution in [2.24, 2.45) is 5.92 Å². The van der Waals surface area contributed by atoms with Crippen LogP contribution in [0.15, 0.2) is 24.3 Å². The first-order valence-electron chi connectivity index (χ1n) is 36.0. The SMILES string of the molecule is CCCCCC/C=C\C=C/CCCCCCCC(=O)O[C@H](COC(=O)CCCCCCCCCCCCCC)COP(=O)(O)OC[C@@H](O)COP(=O)(O)OC[C@@H](COC(=O)CCCCCCCCC(C)CC)OC(=O)CCCCCCCCCCCCCC. The summed E-state index contributed by atoms with van der Waals surface area (Å²) in [6.45, 7) is 7.14. The lowest BCUT2D eigenvalue weighted by Crippen LogP contribution is -2.30.